The van der Waals surface area contributed by atoms with Crippen LogP contribution in [0, 0.1) is 6.92 Å². The standard InChI is InChI=1S/C16H19N5O2/c1-11-7-19-21(9-11)13-3-2-6-20(10-13)16(23)14-5-4-12(8-18-14)15(17)22/h4-5,7-9,13H,2-3,6,10H2,1H3,(H2,17,22). The highest BCUT2D eigenvalue weighted by Crippen LogP contribution is 2.22. The van der Waals surface area contributed by atoms with Gasteiger partial charge in [-0.15, -0.1) is 0 Å². The first-order valence-corrected chi connectivity index (χ1v) is 7.60. The highest BCUT2D eigenvalue weighted by Gasteiger charge is 2.26. The van der Waals surface area contributed by atoms with E-state index in [0.717, 1.165) is 18.4 Å². The third-order valence-corrected chi connectivity index (χ3v) is 4.06. The molecule has 2 N–H and O–H groups in total. The molecule has 1 fully saturated rings. The number of amides is 2. The highest BCUT2D eigenvalue weighted by molar-refractivity contribution is 5.95. The fourth-order valence-electron chi connectivity index (χ4n) is 2.82. The van der Waals surface area contributed by atoms with Crippen molar-refractivity contribution in [3.8, 4) is 0 Å². The molecule has 3 heterocycles. The summed E-state index contributed by atoms with van der Waals surface area (Å²) in [6.45, 7) is 3.31. The second kappa shape index (κ2) is 6.20. The fourth-order valence-corrected chi connectivity index (χ4v) is 2.82. The second-order valence-electron chi connectivity index (χ2n) is 5.84. The molecule has 0 radical (unpaired) electrons. The molecule has 2 aromatic heterocycles. The summed E-state index contributed by atoms with van der Waals surface area (Å²) in [5, 5.41) is 4.35. The third kappa shape index (κ3) is 3.23. The van der Waals surface area contributed by atoms with Crippen molar-refractivity contribution >= 4 is 11.8 Å². The molecular weight excluding hydrogens is 294 g/mol. The van der Waals surface area contributed by atoms with Crippen LogP contribution in [0.2, 0.25) is 0 Å². The van der Waals surface area contributed by atoms with Crippen LogP contribution in [0.3, 0.4) is 0 Å². The number of hydrogen-bond acceptors (Lipinski definition) is 4. The van der Waals surface area contributed by atoms with E-state index in [1.165, 1.54) is 12.3 Å². The zero-order valence-electron chi connectivity index (χ0n) is 13.0. The van der Waals surface area contributed by atoms with Crippen LogP contribution in [0.1, 0.15) is 45.3 Å². The molecule has 1 unspecified atom stereocenters. The minimum absolute atomic E-state index is 0.130. The summed E-state index contributed by atoms with van der Waals surface area (Å²) in [6.07, 6.45) is 7.09. The molecule has 7 heteroatoms. The van der Waals surface area contributed by atoms with Crippen LogP contribution < -0.4 is 5.73 Å². The Kier molecular flexibility index (Phi) is 4.10. The van der Waals surface area contributed by atoms with Gasteiger partial charge in [0.15, 0.2) is 0 Å². The molecule has 120 valence electrons. The summed E-state index contributed by atoms with van der Waals surface area (Å²) in [4.78, 5) is 29.5. The number of carbonyl (C=O) groups excluding carboxylic acids is 2. The van der Waals surface area contributed by atoms with E-state index in [1.54, 1.807) is 11.0 Å². The van der Waals surface area contributed by atoms with Gasteiger partial charge in [0, 0.05) is 25.5 Å². The van der Waals surface area contributed by atoms with E-state index in [1.807, 2.05) is 24.0 Å². The number of carbonyl (C=O) groups is 2. The first-order valence-electron chi connectivity index (χ1n) is 7.60. The number of primary amides is 1. The molecule has 23 heavy (non-hydrogen) atoms. The Morgan fingerprint density at radius 2 is 2.13 bits per heavy atom. The molecule has 1 saturated heterocycles. The molecule has 1 aliphatic heterocycles. The van der Waals surface area contributed by atoms with Gasteiger partial charge in [-0.1, -0.05) is 0 Å². The van der Waals surface area contributed by atoms with E-state index in [9.17, 15) is 9.59 Å². The minimum atomic E-state index is -0.552. The van der Waals surface area contributed by atoms with Gasteiger partial charge in [-0.25, -0.2) is 0 Å². The third-order valence-electron chi connectivity index (χ3n) is 4.06. The molecule has 0 bridgehead atoms. The van der Waals surface area contributed by atoms with Gasteiger partial charge in [0.1, 0.15) is 5.69 Å². The maximum absolute atomic E-state index is 12.6. The Balaban J connectivity index is 1.72. The zero-order chi connectivity index (χ0) is 16.4. The summed E-state index contributed by atoms with van der Waals surface area (Å²) >= 11 is 0. The quantitative estimate of drug-likeness (QED) is 0.920. The van der Waals surface area contributed by atoms with Crippen molar-refractivity contribution in [2.24, 2.45) is 5.73 Å². The van der Waals surface area contributed by atoms with Crippen LogP contribution >= 0.6 is 0 Å². The fraction of sp³-hybridized carbons (Fsp3) is 0.375. The predicted molar refractivity (Wildman–Crippen MR) is 83.9 cm³/mol. The molecule has 3 rings (SSSR count). The van der Waals surface area contributed by atoms with Crippen molar-refractivity contribution in [2.75, 3.05) is 13.1 Å². The minimum Gasteiger partial charge on any atom is -0.366 e. The SMILES string of the molecule is Cc1cnn(C2CCCN(C(=O)c3ccc(C(N)=O)cn3)C2)c1. The lowest BCUT2D eigenvalue weighted by molar-refractivity contribution is 0.0666. The normalized spacial score (nSPS) is 18.0. The number of pyridine rings is 1. The average molecular weight is 313 g/mol. The van der Waals surface area contributed by atoms with Crippen LogP contribution in [0.25, 0.3) is 0 Å². The molecule has 0 saturated carbocycles. The van der Waals surface area contributed by atoms with Crippen molar-refractivity contribution in [1.82, 2.24) is 19.7 Å². The predicted octanol–water partition coefficient (Wildman–Crippen LogP) is 1.16. The van der Waals surface area contributed by atoms with Crippen LogP contribution in [0.5, 0.6) is 0 Å². The van der Waals surface area contributed by atoms with E-state index in [4.69, 9.17) is 5.73 Å². The van der Waals surface area contributed by atoms with Gasteiger partial charge in [0.2, 0.25) is 5.91 Å². The average Bonchev–Trinajstić information content (AvgIpc) is 3.01. The van der Waals surface area contributed by atoms with Gasteiger partial charge in [0.05, 0.1) is 17.8 Å². The number of aryl methyl sites for hydroxylation is 1. The summed E-state index contributed by atoms with van der Waals surface area (Å²) in [6, 6.07) is 3.26. The van der Waals surface area contributed by atoms with Gasteiger partial charge >= 0.3 is 0 Å². The number of piperidine rings is 1. The van der Waals surface area contributed by atoms with Gasteiger partial charge < -0.3 is 10.6 Å². The van der Waals surface area contributed by atoms with E-state index in [-0.39, 0.29) is 11.9 Å². The Bertz CT molecular complexity index is 722. The molecule has 0 aromatic carbocycles. The van der Waals surface area contributed by atoms with Gasteiger partial charge in [-0.2, -0.15) is 5.10 Å². The van der Waals surface area contributed by atoms with Crippen molar-refractivity contribution in [1.29, 1.82) is 0 Å². The van der Waals surface area contributed by atoms with Crippen molar-refractivity contribution in [3.05, 3.63) is 47.5 Å². The molecule has 0 spiro atoms. The summed E-state index contributed by atoms with van der Waals surface area (Å²) < 4.78 is 1.93. The number of rotatable bonds is 3. The van der Waals surface area contributed by atoms with Crippen LogP contribution in [0.4, 0.5) is 0 Å². The molecule has 2 amide bonds. The molecule has 2 aromatic rings. The van der Waals surface area contributed by atoms with E-state index >= 15 is 0 Å². The maximum atomic E-state index is 12.6. The maximum Gasteiger partial charge on any atom is 0.272 e. The number of nitrogens with zero attached hydrogens (tertiary/aromatic N) is 4. The number of nitrogens with two attached hydrogens (primary N) is 1. The number of aromatic nitrogens is 3. The van der Waals surface area contributed by atoms with Crippen LogP contribution in [-0.2, 0) is 0 Å². The van der Waals surface area contributed by atoms with E-state index in [0.29, 0.717) is 24.3 Å². The van der Waals surface area contributed by atoms with Crippen molar-refractivity contribution in [3.63, 3.8) is 0 Å². The van der Waals surface area contributed by atoms with Gasteiger partial charge in [-0.3, -0.25) is 19.3 Å². The molecule has 1 atom stereocenters. The molecule has 1 aliphatic rings. The van der Waals surface area contributed by atoms with Gasteiger partial charge in [-0.05, 0) is 37.5 Å². The zero-order valence-corrected chi connectivity index (χ0v) is 13.0. The first kappa shape index (κ1) is 15.2. The molecule has 0 aliphatic carbocycles. The summed E-state index contributed by atoms with van der Waals surface area (Å²) in [5.74, 6) is -0.682. The Hall–Kier alpha value is -2.70. The Morgan fingerprint density at radius 3 is 2.74 bits per heavy atom. The van der Waals surface area contributed by atoms with Crippen LogP contribution in [0.15, 0.2) is 30.7 Å². The van der Waals surface area contributed by atoms with Crippen molar-refractivity contribution in [2.45, 2.75) is 25.8 Å². The number of hydrogen-bond donors (Lipinski definition) is 1. The largest absolute Gasteiger partial charge is 0.366 e. The van der Waals surface area contributed by atoms with Gasteiger partial charge in [0.25, 0.3) is 5.91 Å². The first-order chi connectivity index (χ1) is 11.0. The van der Waals surface area contributed by atoms with Crippen molar-refractivity contribution < 1.29 is 9.59 Å². The van der Waals surface area contributed by atoms with Crippen LogP contribution in [-0.4, -0.2) is 44.6 Å². The smallest absolute Gasteiger partial charge is 0.272 e. The summed E-state index contributed by atoms with van der Waals surface area (Å²) in [7, 11) is 0. The monoisotopic (exact) mass is 313 g/mol. The lowest BCUT2D eigenvalue weighted by Crippen LogP contribution is -2.41. The van der Waals surface area contributed by atoms with E-state index < -0.39 is 5.91 Å². The Morgan fingerprint density at radius 1 is 1.30 bits per heavy atom. The molecule has 7 nitrogen and oxygen atoms in total. The lowest BCUT2D eigenvalue weighted by atomic mass is 10.1. The second-order valence-corrected chi connectivity index (χ2v) is 5.84. The topological polar surface area (TPSA) is 94.1 Å². The Labute approximate surface area is 134 Å². The van der Waals surface area contributed by atoms with E-state index in [2.05, 4.69) is 10.1 Å². The number of likely N-dealkylation sites (tertiary alicyclic amines) is 1. The highest BCUT2D eigenvalue weighted by atomic mass is 16.2. The lowest BCUT2D eigenvalue weighted by Gasteiger charge is -2.32. The summed E-state index contributed by atoms with van der Waals surface area (Å²) in [5.41, 5.74) is 6.91. The molecular formula is C16H19N5O2.